The third kappa shape index (κ3) is 4.94. The predicted molar refractivity (Wildman–Crippen MR) is 91.6 cm³/mol. The Balaban J connectivity index is 2.07. The Hall–Kier alpha value is -1.19. The van der Waals surface area contributed by atoms with Gasteiger partial charge in [0, 0.05) is 17.6 Å². The molecule has 1 heterocycles. The van der Waals surface area contributed by atoms with Gasteiger partial charge in [0.15, 0.2) is 0 Å². The summed E-state index contributed by atoms with van der Waals surface area (Å²) in [5.74, 6) is 0. The molecule has 2 rings (SSSR count). The van der Waals surface area contributed by atoms with E-state index in [1.54, 1.807) is 11.3 Å². The van der Waals surface area contributed by atoms with E-state index in [2.05, 4.69) is 59.9 Å². The van der Waals surface area contributed by atoms with E-state index in [9.17, 15) is 0 Å². The summed E-state index contributed by atoms with van der Waals surface area (Å²) in [4.78, 5) is 4.49. The molecule has 0 saturated heterocycles. The van der Waals surface area contributed by atoms with Crippen LogP contribution in [0.2, 0.25) is 0 Å². The number of benzene rings is 1. The highest BCUT2D eigenvalue weighted by Gasteiger charge is 2.18. The summed E-state index contributed by atoms with van der Waals surface area (Å²) in [6.07, 6.45) is 8.02. The van der Waals surface area contributed by atoms with Crippen LogP contribution in [0.3, 0.4) is 0 Å². The molecule has 2 aromatic rings. The number of hydrogen-bond acceptors (Lipinski definition) is 3. The Morgan fingerprint density at radius 1 is 1.10 bits per heavy atom. The predicted octanol–water partition coefficient (Wildman–Crippen LogP) is 5.51. The standard InChI is InChI=1S/C18H26N2S/c1-3-5-7-12-17(15-10-8-6-9-11-15)20-16(4-2)18-19-13-14-21-18/h6,8-11,13-14,16-17,20H,3-5,7,12H2,1-2H3. The van der Waals surface area contributed by atoms with Crippen LogP contribution in [0.25, 0.3) is 0 Å². The summed E-state index contributed by atoms with van der Waals surface area (Å²) >= 11 is 1.75. The molecule has 2 nitrogen and oxygen atoms in total. The molecule has 1 N–H and O–H groups in total. The normalized spacial score (nSPS) is 14.0. The van der Waals surface area contributed by atoms with Crippen LogP contribution in [0.1, 0.15) is 68.6 Å². The first-order valence-electron chi connectivity index (χ1n) is 8.05. The Kier molecular flexibility index (Phi) is 6.90. The summed E-state index contributed by atoms with van der Waals surface area (Å²) < 4.78 is 0. The van der Waals surface area contributed by atoms with E-state index in [0.717, 1.165) is 6.42 Å². The molecule has 0 fully saturated rings. The molecule has 1 aromatic heterocycles. The molecule has 2 unspecified atom stereocenters. The van der Waals surface area contributed by atoms with Gasteiger partial charge in [0.2, 0.25) is 0 Å². The lowest BCUT2D eigenvalue weighted by Crippen LogP contribution is -2.26. The molecule has 21 heavy (non-hydrogen) atoms. The molecule has 114 valence electrons. The van der Waals surface area contributed by atoms with Crippen molar-refractivity contribution >= 4 is 11.3 Å². The maximum atomic E-state index is 4.49. The second-order valence-corrected chi connectivity index (χ2v) is 6.38. The topological polar surface area (TPSA) is 24.9 Å². The van der Waals surface area contributed by atoms with Gasteiger partial charge in [-0.25, -0.2) is 4.98 Å². The zero-order valence-electron chi connectivity index (χ0n) is 13.1. The van der Waals surface area contributed by atoms with E-state index < -0.39 is 0 Å². The number of rotatable bonds is 9. The minimum absolute atomic E-state index is 0.358. The first-order chi connectivity index (χ1) is 10.3. The minimum atomic E-state index is 0.358. The number of nitrogens with one attached hydrogen (secondary N) is 1. The van der Waals surface area contributed by atoms with Crippen molar-refractivity contribution in [2.75, 3.05) is 0 Å². The monoisotopic (exact) mass is 302 g/mol. The van der Waals surface area contributed by atoms with Crippen molar-refractivity contribution in [3.05, 3.63) is 52.5 Å². The molecule has 0 aliphatic heterocycles. The van der Waals surface area contributed by atoms with Gasteiger partial charge in [-0.3, -0.25) is 0 Å². The van der Waals surface area contributed by atoms with Crippen LogP contribution in [0.15, 0.2) is 41.9 Å². The van der Waals surface area contributed by atoms with Crippen LogP contribution < -0.4 is 5.32 Å². The molecular weight excluding hydrogens is 276 g/mol. The van der Waals surface area contributed by atoms with Crippen LogP contribution in [-0.2, 0) is 0 Å². The number of thiazole rings is 1. The lowest BCUT2D eigenvalue weighted by molar-refractivity contribution is 0.403. The minimum Gasteiger partial charge on any atom is -0.301 e. The van der Waals surface area contributed by atoms with Gasteiger partial charge in [-0.05, 0) is 18.4 Å². The number of aromatic nitrogens is 1. The Bertz CT molecular complexity index is 481. The third-order valence-electron chi connectivity index (χ3n) is 3.86. The van der Waals surface area contributed by atoms with Gasteiger partial charge in [-0.2, -0.15) is 0 Å². The van der Waals surface area contributed by atoms with Crippen LogP contribution in [-0.4, -0.2) is 4.98 Å². The summed E-state index contributed by atoms with van der Waals surface area (Å²) in [6.45, 7) is 4.49. The summed E-state index contributed by atoms with van der Waals surface area (Å²) in [5.41, 5.74) is 1.39. The zero-order valence-corrected chi connectivity index (χ0v) is 13.9. The number of hydrogen-bond donors (Lipinski definition) is 1. The van der Waals surface area contributed by atoms with Crippen molar-refractivity contribution in [3.63, 3.8) is 0 Å². The quantitative estimate of drug-likeness (QED) is 0.618. The fourth-order valence-electron chi connectivity index (χ4n) is 2.64. The zero-order chi connectivity index (χ0) is 14.9. The van der Waals surface area contributed by atoms with Crippen molar-refractivity contribution in [2.24, 2.45) is 0 Å². The first kappa shape index (κ1) is 16.2. The molecular formula is C18H26N2S. The summed E-state index contributed by atoms with van der Waals surface area (Å²) in [7, 11) is 0. The molecule has 1 aromatic carbocycles. The highest BCUT2D eigenvalue weighted by molar-refractivity contribution is 7.09. The van der Waals surface area contributed by atoms with Crippen molar-refractivity contribution in [3.8, 4) is 0 Å². The molecule has 0 aliphatic carbocycles. The second kappa shape index (κ2) is 8.96. The molecule has 0 saturated carbocycles. The van der Waals surface area contributed by atoms with E-state index in [-0.39, 0.29) is 0 Å². The highest BCUT2D eigenvalue weighted by Crippen LogP contribution is 2.27. The maximum Gasteiger partial charge on any atom is 0.109 e. The Morgan fingerprint density at radius 3 is 2.52 bits per heavy atom. The van der Waals surface area contributed by atoms with Gasteiger partial charge in [0.05, 0.1) is 6.04 Å². The molecule has 2 atom stereocenters. The van der Waals surface area contributed by atoms with Gasteiger partial charge < -0.3 is 5.32 Å². The van der Waals surface area contributed by atoms with Crippen molar-refractivity contribution < 1.29 is 0 Å². The van der Waals surface area contributed by atoms with E-state index in [1.807, 2.05) is 6.20 Å². The Labute approximate surface area is 132 Å². The average molecular weight is 302 g/mol. The van der Waals surface area contributed by atoms with Crippen LogP contribution in [0.5, 0.6) is 0 Å². The lowest BCUT2D eigenvalue weighted by Gasteiger charge is -2.24. The second-order valence-electron chi connectivity index (χ2n) is 5.46. The fourth-order valence-corrected chi connectivity index (χ4v) is 3.43. The van der Waals surface area contributed by atoms with E-state index in [1.165, 1.54) is 36.3 Å². The van der Waals surface area contributed by atoms with Crippen molar-refractivity contribution in [1.29, 1.82) is 0 Å². The largest absolute Gasteiger partial charge is 0.301 e. The fraction of sp³-hybridized carbons (Fsp3) is 0.500. The smallest absolute Gasteiger partial charge is 0.109 e. The first-order valence-corrected chi connectivity index (χ1v) is 8.93. The lowest BCUT2D eigenvalue weighted by atomic mass is 9.99. The highest BCUT2D eigenvalue weighted by atomic mass is 32.1. The van der Waals surface area contributed by atoms with Crippen LogP contribution >= 0.6 is 11.3 Å². The molecule has 3 heteroatoms. The van der Waals surface area contributed by atoms with Gasteiger partial charge >= 0.3 is 0 Å². The number of unbranched alkanes of at least 4 members (excludes halogenated alkanes) is 2. The van der Waals surface area contributed by atoms with E-state index in [4.69, 9.17) is 0 Å². The van der Waals surface area contributed by atoms with Crippen LogP contribution in [0.4, 0.5) is 0 Å². The van der Waals surface area contributed by atoms with Gasteiger partial charge in [-0.1, -0.05) is 63.4 Å². The van der Waals surface area contributed by atoms with Gasteiger partial charge in [0.1, 0.15) is 5.01 Å². The Morgan fingerprint density at radius 2 is 1.90 bits per heavy atom. The SMILES string of the molecule is CCCCCC(NC(CC)c1nccs1)c1ccccc1. The number of nitrogens with zero attached hydrogens (tertiary/aromatic N) is 1. The molecule has 0 radical (unpaired) electrons. The summed E-state index contributed by atoms with van der Waals surface area (Å²) in [6, 6.07) is 11.6. The molecule has 0 spiro atoms. The molecule has 0 aliphatic rings. The molecule has 0 amide bonds. The van der Waals surface area contributed by atoms with Crippen molar-refractivity contribution in [2.45, 2.75) is 58.0 Å². The van der Waals surface area contributed by atoms with Crippen molar-refractivity contribution in [1.82, 2.24) is 10.3 Å². The summed E-state index contributed by atoms with van der Waals surface area (Å²) in [5, 5.41) is 7.10. The van der Waals surface area contributed by atoms with Gasteiger partial charge in [0.25, 0.3) is 0 Å². The average Bonchev–Trinajstić information content (AvgIpc) is 3.06. The van der Waals surface area contributed by atoms with Gasteiger partial charge in [-0.15, -0.1) is 11.3 Å². The maximum absolute atomic E-state index is 4.49. The van der Waals surface area contributed by atoms with Crippen LogP contribution in [0, 0.1) is 0 Å². The third-order valence-corrected chi connectivity index (χ3v) is 4.75. The van der Waals surface area contributed by atoms with E-state index >= 15 is 0 Å². The molecule has 0 bridgehead atoms. The van der Waals surface area contributed by atoms with E-state index in [0.29, 0.717) is 12.1 Å².